The largest absolute Gasteiger partial charge is 0.489 e. The minimum atomic E-state index is -1.43. The van der Waals surface area contributed by atoms with Crippen LogP contribution in [0, 0.1) is 19.8 Å². The van der Waals surface area contributed by atoms with Crippen LogP contribution in [-0.4, -0.2) is 45.5 Å². The minimum absolute atomic E-state index is 0.0823. The first kappa shape index (κ1) is 29.5. The van der Waals surface area contributed by atoms with E-state index >= 15 is 0 Å². The number of hydroxylamine groups is 1. The number of nitrogens with zero attached hydrogens (tertiary/aromatic N) is 2. The van der Waals surface area contributed by atoms with Crippen molar-refractivity contribution in [3.63, 3.8) is 0 Å². The lowest BCUT2D eigenvalue weighted by atomic mass is 9.88. The summed E-state index contributed by atoms with van der Waals surface area (Å²) >= 11 is 0. The van der Waals surface area contributed by atoms with Crippen LogP contribution >= 0.6 is 0 Å². The predicted molar refractivity (Wildman–Crippen MR) is 154 cm³/mol. The van der Waals surface area contributed by atoms with Crippen LogP contribution < -0.4 is 20.9 Å². The molecule has 216 valence electrons. The van der Waals surface area contributed by atoms with Gasteiger partial charge in [-0.1, -0.05) is 44.2 Å². The van der Waals surface area contributed by atoms with Crippen LogP contribution in [0.1, 0.15) is 49.2 Å². The summed E-state index contributed by atoms with van der Waals surface area (Å²) in [7, 11) is 0. The summed E-state index contributed by atoms with van der Waals surface area (Å²) < 4.78 is 5.99. The number of aromatic nitrogens is 1. The van der Waals surface area contributed by atoms with Crippen molar-refractivity contribution in [1.29, 1.82) is 0 Å². The highest BCUT2D eigenvalue weighted by Crippen LogP contribution is 2.36. The number of carbonyl (C=O) groups excluding carboxylic acids is 3. The topological polar surface area (TPSA) is 133 Å². The standard InChI is InChI=1S/C31H37N5O5/c1-20(2)16-27(28(37)35-40)36-15-14-31(29(36)38,34-30(39)33-25-8-6-5-7-9-25)24-10-12-26(13-11-24)41-19-23-17-21(3)32-22(4)18-23/h5-13,17-18,20,27,40H,14-16,19H2,1-4H3,(H,35,37)(H2,33,34,39). The number of hydrogen-bond donors (Lipinski definition) is 4. The number of para-hydroxylation sites is 1. The van der Waals surface area contributed by atoms with Crippen LogP contribution in [0.15, 0.2) is 66.7 Å². The number of pyridine rings is 1. The molecule has 1 aromatic heterocycles. The predicted octanol–water partition coefficient (Wildman–Crippen LogP) is 4.45. The molecule has 1 aliphatic heterocycles. The number of aryl methyl sites for hydroxylation is 2. The zero-order chi connectivity index (χ0) is 29.6. The second-order valence-corrected chi connectivity index (χ2v) is 10.8. The van der Waals surface area contributed by atoms with Crippen LogP contribution in [0.5, 0.6) is 5.75 Å². The van der Waals surface area contributed by atoms with Gasteiger partial charge in [0.15, 0.2) is 0 Å². The van der Waals surface area contributed by atoms with Gasteiger partial charge in [0, 0.05) is 30.0 Å². The summed E-state index contributed by atoms with van der Waals surface area (Å²) in [5.74, 6) is -0.406. The van der Waals surface area contributed by atoms with Crippen molar-refractivity contribution in [2.75, 3.05) is 11.9 Å². The molecule has 1 saturated heterocycles. The number of amides is 4. The highest BCUT2D eigenvalue weighted by molar-refractivity contribution is 5.99. The molecule has 0 aliphatic carbocycles. The molecule has 0 radical (unpaired) electrons. The average molecular weight is 560 g/mol. The summed E-state index contributed by atoms with van der Waals surface area (Å²) in [6.07, 6.45) is 0.586. The maximum absolute atomic E-state index is 14.1. The van der Waals surface area contributed by atoms with Gasteiger partial charge in [-0.05, 0) is 73.7 Å². The molecule has 0 spiro atoms. The molecule has 4 amide bonds. The van der Waals surface area contributed by atoms with Crippen LogP contribution in [0.2, 0.25) is 0 Å². The molecule has 4 rings (SSSR count). The van der Waals surface area contributed by atoms with Crippen LogP contribution in [-0.2, 0) is 21.7 Å². The third-order valence-electron chi connectivity index (χ3n) is 7.09. The smallest absolute Gasteiger partial charge is 0.320 e. The van der Waals surface area contributed by atoms with E-state index in [0.29, 0.717) is 30.0 Å². The Bertz CT molecular complexity index is 1360. The van der Waals surface area contributed by atoms with Gasteiger partial charge in [-0.2, -0.15) is 0 Å². The molecule has 0 saturated carbocycles. The Balaban J connectivity index is 1.61. The Morgan fingerprint density at radius 2 is 1.71 bits per heavy atom. The zero-order valence-electron chi connectivity index (χ0n) is 23.8. The summed E-state index contributed by atoms with van der Waals surface area (Å²) in [5, 5.41) is 15.1. The number of benzene rings is 2. The molecular weight excluding hydrogens is 522 g/mol. The van der Waals surface area contributed by atoms with E-state index in [-0.39, 0.29) is 18.9 Å². The van der Waals surface area contributed by atoms with E-state index in [1.54, 1.807) is 54.0 Å². The van der Waals surface area contributed by atoms with Gasteiger partial charge in [0.2, 0.25) is 0 Å². The number of rotatable bonds is 10. The Kier molecular flexibility index (Phi) is 9.24. The van der Waals surface area contributed by atoms with Crippen molar-refractivity contribution >= 4 is 23.5 Å². The molecule has 10 heteroatoms. The molecule has 2 unspecified atom stereocenters. The minimum Gasteiger partial charge on any atom is -0.489 e. The highest BCUT2D eigenvalue weighted by Gasteiger charge is 2.52. The summed E-state index contributed by atoms with van der Waals surface area (Å²) in [4.78, 5) is 45.7. The van der Waals surface area contributed by atoms with E-state index in [0.717, 1.165) is 17.0 Å². The Morgan fingerprint density at radius 3 is 2.32 bits per heavy atom. The first-order valence-electron chi connectivity index (χ1n) is 13.7. The van der Waals surface area contributed by atoms with Crippen molar-refractivity contribution in [3.05, 3.63) is 89.2 Å². The van der Waals surface area contributed by atoms with E-state index in [1.165, 1.54) is 4.90 Å². The quantitative estimate of drug-likeness (QED) is 0.214. The molecule has 0 bridgehead atoms. The fraction of sp³-hybridized carbons (Fsp3) is 0.355. The van der Waals surface area contributed by atoms with Gasteiger partial charge in [-0.3, -0.25) is 19.8 Å². The van der Waals surface area contributed by atoms with Gasteiger partial charge < -0.3 is 20.3 Å². The Morgan fingerprint density at radius 1 is 1.05 bits per heavy atom. The number of likely N-dealkylation sites (tertiary alicyclic amines) is 1. The fourth-order valence-corrected chi connectivity index (χ4v) is 5.28. The fourth-order valence-electron chi connectivity index (χ4n) is 5.28. The van der Waals surface area contributed by atoms with Gasteiger partial charge in [0.05, 0.1) is 0 Å². The molecule has 2 heterocycles. The molecule has 1 aliphatic rings. The number of nitrogens with one attached hydrogen (secondary N) is 3. The van der Waals surface area contributed by atoms with Crippen molar-refractivity contribution in [2.24, 2.45) is 5.92 Å². The lowest BCUT2D eigenvalue weighted by Crippen LogP contribution is -2.56. The maximum atomic E-state index is 14.1. The lowest BCUT2D eigenvalue weighted by Gasteiger charge is -2.32. The van der Waals surface area contributed by atoms with Crippen molar-refractivity contribution in [2.45, 2.75) is 58.7 Å². The monoisotopic (exact) mass is 559 g/mol. The average Bonchev–Trinajstić information content (AvgIpc) is 3.26. The van der Waals surface area contributed by atoms with E-state index in [4.69, 9.17) is 4.74 Å². The second-order valence-electron chi connectivity index (χ2n) is 10.8. The number of carbonyl (C=O) groups is 3. The van der Waals surface area contributed by atoms with Gasteiger partial charge in [0.25, 0.3) is 11.8 Å². The third kappa shape index (κ3) is 7.01. The van der Waals surface area contributed by atoms with Gasteiger partial charge in [0.1, 0.15) is 23.9 Å². The van der Waals surface area contributed by atoms with Crippen LogP contribution in [0.4, 0.5) is 10.5 Å². The van der Waals surface area contributed by atoms with Crippen LogP contribution in [0.3, 0.4) is 0 Å². The highest BCUT2D eigenvalue weighted by atomic mass is 16.5. The summed E-state index contributed by atoms with van der Waals surface area (Å²) in [5.41, 5.74) is 4.22. The Hall–Kier alpha value is -4.44. The van der Waals surface area contributed by atoms with E-state index in [2.05, 4.69) is 15.6 Å². The molecule has 10 nitrogen and oxygen atoms in total. The molecule has 3 aromatic rings. The number of anilines is 1. The molecular formula is C31H37N5O5. The van der Waals surface area contributed by atoms with Gasteiger partial charge in [-0.15, -0.1) is 0 Å². The van der Waals surface area contributed by atoms with E-state index < -0.39 is 29.4 Å². The second kappa shape index (κ2) is 12.8. The van der Waals surface area contributed by atoms with Crippen molar-refractivity contribution in [1.82, 2.24) is 20.7 Å². The lowest BCUT2D eigenvalue weighted by molar-refractivity contribution is -0.145. The van der Waals surface area contributed by atoms with E-state index in [9.17, 15) is 19.6 Å². The van der Waals surface area contributed by atoms with Gasteiger partial charge in [-0.25, -0.2) is 10.3 Å². The first-order valence-corrected chi connectivity index (χ1v) is 13.7. The number of urea groups is 1. The summed E-state index contributed by atoms with van der Waals surface area (Å²) in [6.45, 7) is 8.31. The number of hydrogen-bond acceptors (Lipinski definition) is 6. The zero-order valence-corrected chi connectivity index (χ0v) is 23.8. The SMILES string of the molecule is Cc1cc(COc2ccc(C3(NC(=O)Nc4ccccc4)CCN(C(CC(C)C)C(=O)NO)C3=O)cc2)cc(C)n1. The summed E-state index contributed by atoms with van der Waals surface area (Å²) in [6, 6.07) is 18.5. The first-order chi connectivity index (χ1) is 19.6. The maximum Gasteiger partial charge on any atom is 0.320 e. The molecule has 4 N–H and O–H groups in total. The van der Waals surface area contributed by atoms with Crippen molar-refractivity contribution < 1.29 is 24.3 Å². The van der Waals surface area contributed by atoms with Crippen LogP contribution in [0.25, 0.3) is 0 Å². The molecule has 1 fully saturated rings. The third-order valence-corrected chi connectivity index (χ3v) is 7.09. The van der Waals surface area contributed by atoms with E-state index in [1.807, 2.05) is 45.9 Å². The van der Waals surface area contributed by atoms with Gasteiger partial charge >= 0.3 is 6.03 Å². The molecule has 41 heavy (non-hydrogen) atoms. The molecule has 2 aromatic carbocycles. The Labute approximate surface area is 240 Å². The van der Waals surface area contributed by atoms with Crippen molar-refractivity contribution in [3.8, 4) is 5.75 Å². The normalized spacial score (nSPS) is 17.3. The molecule has 2 atom stereocenters. The number of ether oxygens (including phenoxy) is 1.